The highest BCUT2D eigenvalue weighted by atomic mass is 14.8. The van der Waals surface area contributed by atoms with Crippen LogP contribution in [0.3, 0.4) is 0 Å². The Balaban J connectivity index is 2.76. The van der Waals surface area contributed by atoms with E-state index in [1.54, 1.807) is 6.20 Å². The number of nitrogens with one attached hydrogen (secondary N) is 1. The molecule has 0 radical (unpaired) electrons. The predicted octanol–water partition coefficient (Wildman–Crippen LogP) is 0.782. The Bertz CT molecular complexity index is 256. The second-order valence-electron chi connectivity index (χ2n) is 2.23. The van der Waals surface area contributed by atoms with E-state index in [1.807, 2.05) is 19.2 Å². The minimum absolute atomic E-state index is 0.685. The summed E-state index contributed by atoms with van der Waals surface area (Å²) in [5.41, 5.74) is 1.83. The maximum atomic E-state index is 5.15. The standard InChI is InChI=1S/C9H10N2/c1-3-9-5-4-8(6-10-2)7-11-9/h1,4-5,7,10H,6H2,2H3. The van der Waals surface area contributed by atoms with Gasteiger partial charge in [-0.15, -0.1) is 6.42 Å². The molecule has 1 heterocycles. The number of hydrogen-bond acceptors (Lipinski definition) is 2. The minimum atomic E-state index is 0.685. The highest BCUT2D eigenvalue weighted by molar-refractivity contribution is 5.26. The molecule has 0 atom stereocenters. The summed E-state index contributed by atoms with van der Waals surface area (Å²) < 4.78 is 0. The van der Waals surface area contributed by atoms with Crippen LogP contribution >= 0.6 is 0 Å². The third kappa shape index (κ3) is 2.06. The molecule has 11 heavy (non-hydrogen) atoms. The van der Waals surface area contributed by atoms with Gasteiger partial charge in [-0.25, -0.2) is 4.98 Å². The monoisotopic (exact) mass is 146 g/mol. The number of nitrogens with zero attached hydrogens (tertiary/aromatic N) is 1. The van der Waals surface area contributed by atoms with Gasteiger partial charge in [0, 0.05) is 12.7 Å². The van der Waals surface area contributed by atoms with Crippen LogP contribution in [0.2, 0.25) is 0 Å². The van der Waals surface area contributed by atoms with Gasteiger partial charge in [-0.1, -0.05) is 12.0 Å². The van der Waals surface area contributed by atoms with Gasteiger partial charge in [0.05, 0.1) is 0 Å². The molecule has 1 aromatic rings. The summed E-state index contributed by atoms with van der Waals surface area (Å²) in [5, 5.41) is 3.03. The van der Waals surface area contributed by atoms with Crippen LogP contribution in [0.15, 0.2) is 18.3 Å². The van der Waals surface area contributed by atoms with Gasteiger partial charge >= 0.3 is 0 Å². The fourth-order valence-corrected chi connectivity index (χ4v) is 0.819. The molecule has 0 amide bonds. The molecule has 1 aromatic heterocycles. The maximum Gasteiger partial charge on any atom is 0.112 e. The lowest BCUT2D eigenvalue weighted by atomic mass is 10.2. The van der Waals surface area contributed by atoms with Gasteiger partial charge in [-0.2, -0.15) is 0 Å². The van der Waals surface area contributed by atoms with Crippen LogP contribution in [0.4, 0.5) is 0 Å². The van der Waals surface area contributed by atoms with E-state index < -0.39 is 0 Å². The van der Waals surface area contributed by atoms with Gasteiger partial charge in [0.2, 0.25) is 0 Å². The Morgan fingerprint density at radius 2 is 2.45 bits per heavy atom. The Kier molecular flexibility index (Phi) is 2.65. The van der Waals surface area contributed by atoms with Gasteiger partial charge < -0.3 is 5.32 Å². The number of rotatable bonds is 2. The number of terminal acetylenes is 1. The Morgan fingerprint density at radius 3 is 2.91 bits per heavy atom. The zero-order valence-electron chi connectivity index (χ0n) is 6.46. The average molecular weight is 146 g/mol. The lowest BCUT2D eigenvalue weighted by Crippen LogP contribution is -2.05. The summed E-state index contributed by atoms with van der Waals surface area (Å²) in [6.45, 7) is 0.831. The summed E-state index contributed by atoms with van der Waals surface area (Å²) >= 11 is 0. The molecular formula is C9H10N2. The molecule has 0 aliphatic rings. The quantitative estimate of drug-likeness (QED) is 0.624. The van der Waals surface area contributed by atoms with Crippen LogP contribution in [-0.2, 0) is 6.54 Å². The summed E-state index contributed by atoms with van der Waals surface area (Å²) in [4.78, 5) is 4.04. The molecule has 0 fully saturated rings. The topological polar surface area (TPSA) is 24.9 Å². The molecule has 2 heteroatoms. The van der Waals surface area contributed by atoms with Gasteiger partial charge in [0.15, 0.2) is 0 Å². The van der Waals surface area contributed by atoms with Crippen LogP contribution in [-0.4, -0.2) is 12.0 Å². The molecule has 0 saturated carbocycles. The highest BCUT2D eigenvalue weighted by Crippen LogP contribution is 1.97. The Hall–Kier alpha value is -1.33. The van der Waals surface area contributed by atoms with E-state index in [0.29, 0.717) is 5.69 Å². The van der Waals surface area contributed by atoms with E-state index in [1.165, 1.54) is 0 Å². The van der Waals surface area contributed by atoms with E-state index in [-0.39, 0.29) is 0 Å². The SMILES string of the molecule is C#Cc1ccc(CNC)cn1. The lowest BCUT2D eigenvalue weighted by Gasteiger charge is -1.97. The molecule has 1 N–H and O–H groups in total. The minimum Gasteiger partial charge on any atom is -0.316 e. The third-order valence-electron chi connectivity index (χ3n) is 1.35. The number of hydrogen-bond donors (Lipinski definition) is 1. The maximum absolute atomic E-state index is 5.15. The van der Waals surface area contributed by atoms with Crippen molar-refractivity contribution >= 4 is 0 Å². The van der Waals surface area contributed by atoms with Gasteiger partial charge in [-0.3, -0.25) is 0 Å². The van der Waals surface area contributed by atoms with Crippen LogP contribution in [0.5, 0.6) is 0 Å². The molecule has 0 spiro atoms. The van der Waals surface area contributed by atoms with Crippen LogP contribution < -0.4 is 5.32 Å². The smallest absolute Gasteiger partial charge is 0.112 e. The number of aromatic nitrogens is 1. The molecule has 1 rings (SSSR count). The van der Waals surface area contributed by atoms with Crippen LogP contribution in [0, 0.1) is 12.3 Å². The van der Waals surface area contributed by atoms with Crippen molar-refractivity contribution in [1.29, 1.82) is 0 Å². The summed E-state index contributed by atoms with van der Waals surface area (Å²) in [7, 11) is 1.90. The molecule has 0 aliphatic heterocycles. The summed E-state index contributed by atoms with van der Waals surface area (Å²) in [6.07, 6.45) is 6.93. The molecule has 56 valence electrons. The molecule has 0 aromatic carbocycles. The first-order valence-electron chi connectivity index (χ1n) is 3.43. The van der Waals surface area contributed by atoms with Gasteiger partial charge in [0.1, 0.15) is 5.69 Å². The van der Waals surface area contributed by atoms with E-state index in [4.69, 9.17) is 6.42 Å². The van der Waals surface area contributed by atoms with E-state index in [9.17, 15) is 0 Å². The normalized spacial score (nSPS) is 9.09. The number of pyridine rings is 1. The summed E-state index contributed by atoms with van der Waals surface area (Å²) in [6, 6.07) is 3.81. The van der Waals surface area contributed by atoms with Gasteiger partial charge in [0.25, 0.3) is 0 Å². The van der Waals surface area contributed by atoms with Crippen molar-refractivity contribution in [2.75, 3.05) is 7.05 Å². The largest absolute Gasteiger partial charge is 0.316 e. The van der Waals surface area contributed by atoms with E-state index in [0.717, 1.165) is 12.1 Å². The van der Waals surface area contributed by atoms with Gasteiger partial charge in [-0.05, 0) is 18.7 Å². The van der Waals surface area contributed by atoms with Crippen molar-refractivity contribution in [3.05, 3.63) is 29.6 Å². The molecule has 0 unspecified atom stereocenters. The van der Waals surface area contributed by atoms with Crippen molar-refractivity contribution in [3.63, 3.8) is 0 Å². The zero-order chi connectivity index (χ0) is 8.10. The van der Waals surface area contributed by atoms with Crippen molar-refractivity contribution in [1.82, 2.24) is 10.3 Å². The fourth-order valence-electron chi connectivity index (χ4n) is 0.819. The first-order chi connectivity index (χ1) is 5.36. The lowest BCUT2D eigenvalue weighted by molar-refractivity contribution is 0.813. The van der Waals surface area contributed by atoms with Crippen molar-refractivity contribution in [2.45, 2.75) is 6.54 Å². The first-order valence-corrected chi connectivity index (χ1v) is 3.43. The predicted molar refractivity (Wildman–Crippen MR) is 44.9 cm³/mol. The molecular weight excluding hydrogens is 136 g/mol. The van der Waals surface area contributed by atoms with Crippen LogP contribution in [0.25, 0.3) is 0 Å². The van der Waals surface area contributed by atoms with Crippen molar-refractivity contribution in [3.8, 4) is 12.3 Å². The fraction of sp³-hybridized carbons (Fsp3) is 0.222. The Labute approximate surface area is 66.7 Å². The molecule has 0 aliphatic carbocycles. The van der Waals surface area contributed by atoms with E-state index >= 15 is 0 Å². The molecule has 0 saturated heterocycles. The van der Waals surface area contributed by atoms with E-state index in [2.05, 4.69) is 16.2 Å². The van der Waals surface area contributed by atoms with Crippen molar-refractivity contribution < 1.29 is 0 Å². The Morgan fingerprint density at radius 1 is 1.64 bits per heavy atom. The summed E-state index contributed by atoms with van der Waals surface area (Å²) in [5.74, 6) is 2.46. The third-order valence-corrected chi connectivity index (χ3v) is 1.35. The zero-order valence-corrected chi connectivity index (χ0v) is 6.46. The molecule has 0 bridgehead atoms. The second-order valence-corrected chi connectivity index (χ2v) is 2.23. The average Bonchev–Trinajstić information content (AvgIpc) is 2.07. The van der Waals surface area contributed by atoms with Crippen molar-refractivity contribution in [2.24, 2.45) is 0 Å². The molecule has 2 nitrogen and oxygen atoms in total. The highest BCUT2D eigenvalue weighted by Gasteiger charge is 1.90. The second kappa shape index (κ2) is 3.75. The van der Waals surface area contributed by atoms with Crippen LogP contribution in [0.1, 0.15) is 11.3 Å². The first kappa shape index (κ1) is 7.77.